The van der Waals surface area contributed by atoms with E-state index in [1.165, 1.54) is 0 Å². The summed E-state index contributed by atoms with van der Waals surface area (Å²) in [6, 6.07) is 5.14. The van der Waals surface area contributed by atoms with Gasteiger partial charge in [0, 0.05) is 0 Å². The molecule has 3 aliphatic rings. The van der Waals surface area contributed by atoms with E-state index in [-0.39, 0.29) is 12.0 Å². The molecule has 7 heteroatoms. The Morgan fingerprint density at radius 3 is 2.16 bits per heavy atom. The van der Waals surface area contributed by atoms with Crippen LogP contribution < -0.4 is 0 Å². The number of cyclic esters (lactones) is 1. The lowest BCUT2D eigenvalue weighted by Crippen LogP contribution is -2.56. The Bertz CT molecular complexity index is 922. The lowest BCUT2D eigenvalue weighted by Gasteiger charge is -2.40. The molecule has 0 N–H and O–H groups in total. The highest BCUT2D eigenvalue weighted by Crippen LogP contribution is 2.42. The fourth-order valence-electron chi connectivity index (χ4n) is 5.32. The molecule has 1 aromatic carbocycles. The van der Waals surface area contributed by atoms with Crippen LogP contribution >= 0.6 is 0 Å². The molecular formula is C25H32N2O5. The maximum absolute atomic E-state index is 13.9. The third-order valence-corrected chi connectivity index (χ3v) is 7.28. The van der Waals surface area contributed by atoms with E-state index >= 15 is 0 Å². The van der Waals surface area contributed by atoms with Crippen LogP contribution in [0.4, 0.5) is 4.79 Å². The van der Waals surface area contributed by atoms with Crippen LogP contribution in [0.25, 0.3) is 0 Å². The van der Waals surface area contributed by atoms with Crippen LogP contribution in [0, 0.1) is 10.8 Å². The summed E-state index contributed by atoms with van der Waals surface area (Å²) in [5.74, 6) is -1.46. The van der Waals surface area contributed by atoms with Crippen LogP contribution in [0.3, 0.4) is 0 Å². The monoisotopic (exact) mass is 440 g/mol. The molecule has 7 nitrogen and oxygen atoms in total. The average Bonchev–Trinajstić information content (AvgIpc) is 3.25. The summed E-state index contributed by atoms with van der Waals surface area (Å²) in [5.41, 5.74) is 0.0265. The summed E-state index contributed by atoms with van der Waals surface area (Å²) >= 11 is 0. The smallest absolute Gasteiger partial charge is 0.417 e. The normalized spacial score (nSPS) is 23.9. The fourth-order valence-corrected chi connectivity index (χ4v) is 5.32. The number of rotatable bonds is 4. The number of benzene rings is 1. The predicted molar refractivity (Wildman–Crippen MR) is 118 cm³/mol. The number of fused-ring (bicyclic) bond motifs is 1. The molecule has 0 radical (unpaired) electrons. The second-order valence-electron chi connectivity index (χ2n) is 10.8. The Morgan fingerprint density at radius 2 is 1.62 bits per heavy atom. The van der Waals surface area contributed by atoms with E-state index in [9.17, 15) is 19.2 Å². The zero-order valence-corrected chi connectivity index (χ0v) is 19.3. The van der Waals surface area contributed by atoms with Crippen molar-refractivity contribution in [2.75, 3.05) is 6.61 Å². The summed E-state index contributed by atoms with van der Waals surface area (Å²) in [6.07, 6.45) is 4.74. The predicted octanol–water partition coefficient (Wildman–Crippen LogP) is 4.41. The SMILES string of the molecule is CC1(C[C@@H](C(=O)N2C(=O)OC[C@@H]2C(C)(C)C)N2C(=O)c3ccccc3C2=O)CCCCC1. The van der Waals surface area contributed by atoms with Crippen LogP contribution in [-0.2, 0) is 9.53 Å². The van der Waals surface area contributed by atoms with E-state index in [1.54, 1.807) is 24.3 Å². The molecule has 4 rings (SSSR count). The van der Waals surface area contributed by atoms with Crippen molar-refractivity contribution in [3.8, 4) is 0 Å². The minimum atomic E-state index is -1.04. The highest BCUT2D eigenvalue weighted by atomic mass is 16.6. The van der Waals surface area contributed by atoms with Gasteiger partial charge in [0.15, 0.2) is 0 Å². The van der Waals surface area contributed by atoms with Crippen molar-refractivity contribution in [2.45, 2.75) is 78.3 Å². The number of imide groups is 2. The van der Waals surface area contributed by atoms with Crippen LogP contribution in [-0.4, -0.2) is 52.3 Å². The van der Waals surface area contributed by atoms with E-state index in [2.05, 4.69) is 6.92 Å². The second-order valence-corrected chi connectivity index (χ2v) is 10.8. The zero-order valence-electron chi connectivity index (χ0n) is 19.3. The van der Waals surface area contributed by atoms with Gasteiger partial charge in [0.2, 0.25) is 0 Å². The Kier molecular flexibility index (Phi) is 5.63. The first-order chi connectivity index (χ1) is 15.0. The molecule has 0 spiro atoms. The van der Waals surface area contributed by atoms with Gasteiger partial charge in [-0.15, -0.1) is 0 Å². The van der Waals surface area contributed by atoms with Crippen molar-refractivity contribution >= 4 is 23.8 Å². The number of nitrogens with zero attached hydrogens (tertiary/aromatic N) is 2. The number of ether oxygens (including phenoxy) is 1. The second kappa shape index (κ2) is 8.01. The van der Waals surface area contributed by atoms with Crippen molar-refractivity contribution in [1.29, 1.82) is 0 Å². The van der Waals surface area contributed by atoms with Gasteiger partial charge < -0.3 is 4.74 Å². The quantitative estimate of drug-likeness (QED) is 0.648. The van der Waals surface area contributed by atoms with Gasteiger partial charge in [0.05, 0.1) is 17.2 Å². The van der Waals surface area contributed by atoms with E-state index < -0.39 is 41.3 Å². The van der Waals surface area contributed by atoms with E-state index in [4.69, 9.17) is 4.74 Å². The van der Waals surface area contributed by atoms with Gasteiger partial charge in [-0.1, -0.05) is 59.1 Å². The Labute approximate surface area is 189 Å². The maximum Gasteiger partial charge on any atom is 0.417 e. The minimum absolute atomic E-state index is 0.111. The summed E-state index contributed by atoms with van der Waals surface area (Å²) in [5, 5.41) is 0. The number of carbonyl (C=O) groups is 4. The van der Waals surface area contributed by atoms with E-state index in [0.717, 1.165) is 41.9 Å². The molecule has 4 amide bonds. The van der Waals surface area contributed by atoms with Gasteiger partial charge in [-0.2, -0.15) is 0 Å². The Balaban J connectivity index is 1.73. The first-order valence-corrected chi connectivity index (χ1v) is 11.5. The van der Waals surface area contributed by atoms with Crippen molar-refractivity contribution in [3.63, 3.8) is 0 Å². The van der Waals surface area contributed by atoms with Crippen LogP contribution in [0.15, 0.2) is 24.3 Å². The summed E-state index contributed by atoms with van der Waals surface area (Å²) < 4.78 is 5.25. The topological polar surface area (TPSA) is 84.0 Å². The average molecular weight is 441 g/mol. The third-order valence-electron chi connectivity index (χ3n) is 7.28. The molecule has 1 aliphatic carbocycles. The van der Waals surface area contributed by atoms with Gasteiger partial charge in [0.25, 0.3) is 17.7 Å². The van der Waals surface area contributed by atoms with Crippen molar-refractivity contribution < 1.29 is 23.9 Å². The number of amides is 4. The molecule has 1 saturated heterocycles. The molecule has 0 bridgehead atoms. The van der Waals surface area contributed by atoms with Gasteiger partial charge >= 0.3 is 6.09 Å². The van der Waals surface area contributed by atoms with Gasteiger partial charge in [-0.25, -0.2) is 9.69 Å². The number of carbonyl (C=O) groups excluding carboxylic acids is 4. The molecule has 2 fully saturated rings. The van der Waals surface area contributed by atoms with Gasteiger partial charge in [-0.05, 0) is 42.2 Å². The van der Waals surface area contributed by atoms with Crippen molar-refractivity contribution in [2.24, 2.45) is 10.8 Å². The van der Waals surface area contributed by atoms with Gasteiger partial charge in [0.1, 0.15) is 12.6 Å². The lowest BCUT2D eigenvalue weighted by molar-refractivity contribution is -0.136. The van der Waals surface area contributed by atoms with Crippen LogP contribution in [0.5, 0.6) is 0 Å². The molecular weight excluding hydrogens is 408 g/mol. The number of hydrogen-bond donors (Lipinski definition) is 0. The van der Waals surface area contributed by atoms with E-state index in [1.807, 2.05) is 20.8 Å². The van der Waals surface area contributed by atoms with Crippen molar-refractivity contribution in [3.05, 3.63) is 35.4 Å². The lowest BCUT2D eigenvalue weighted by atomic mass is 9.71. The molecule has 0 aromatic heterocycles. The summed E-state index contributed by atoms with van der Waals surface area (Å²) in [6.45, 7) is 8.06. The molecule has 172 valence electrons. The van der Waals surface area contributed by atoms with Crippen molar-refractivity contribution in [1.82, 2.24) is 9.80 Å². The Hall–Kier alpha value is -2.70. The molecule has 2 aliphatic heterocycles. The number of hydrogen-bond acceptors (Lipinski definition) is 5. The fraction of sp³-hybridized carbons (Fsp3) is 0.600. The molecule has 32 heavy (non-hydrogen) atoms. The molecule has 1 saturated carbocycles. The van der Waals surface area contributed by atoms with E-state index in [0.29, 0.717) is 17.5 Å². The molecule has 0 unspecified atom stereocenters. The standard InChI is InChI=1S/C25H32N2O5/c1-24(2,3)19-15-32-23(31)27(19)22(30)18(14-25(4)12-8-5-9-13-25)26-20(28)16-10-6-7-11-17(16)21(26)29/h6-7,10-11,18-19H,5,8-9,12-15H2,1-4H3/t18-,19+/m0/s1. The summed E-state index contributed by atoms with van der Waals surface area (Å²) in [4.78, 5) is 55.4. The first kappa shape index (κ1) is 22.5. The first-order valence-electron chi connectivity index (χ1n) is 11.5. The Morgan fingerprint density at radius 1 is 1.06 bits per heavy atom. The summed E-state index contributed by atoms with van der Waals surface area (Å²) in [7, 11) is 0. The third kappa shape index (κ3) is 3.82. The maximum atomic E-state index is 13.9. The highest BCUT2D eigenvalue weighted by Gasteiger charge is 2.52. The van der Waals surface area contributed by atoms with Gasteiger partial charge in [-0.3, -0.25) is 19.3 Å². The molecule has 2 heterocycles. The van der Waals surface area contributed by atoms with Crippen LogP contribution in [0.2, 0.25) is 0 Å². The highest BCUT2D eigenvalue weighted by molar-refractivity contribution is 6.23. The van der Waals surface area contributed by atoms with Crippen LogP contribution in [0.1, 0.15) is 86.9 Å². The zero-order chi connectivity index (χ0) is 23.3. The minimum Gasteiger partial charge on any atom is -0.447 e. The molecule has 1 aromatic rings. The molecule has 2 atom stereocenters. The largest absolute Gasteiger partial charge is 0.447 e.